The lowest BCUT2D eigenvalue weighted by molar-refractivity contribution is -0.153. The lowest BCUT2D eigenvalue weighted by atomic mass is 9.57. The molecular weight excluding hydrogens is 518 g/mol. The molecule has 0 bridgehead atoms. The van der Waals surface area contributed by atoms with Crippen LogP contribution in [-0.2, 0) is 20.8 Å². The third kappa shape index (κ3) is 3.80. The Morgan fingerprint density at radius 2 is 1.70 bits per heavy atom. The largest absolute Gasteiger partial charge is 0.508 e. The lowest BCUT2D eigenvalue weighted by Gasteiger charge is -2.50. The topological polar surface area (TPSA) is 171 Å². The van der Waals surface area contributed by atoms with E-state index in [0.29, 0.717) is 24.3 Å². The van der Waals surface area contributed by atoms with Gasteiger partial charge >= 0.3 is 0 Å². The number of carbonyl (C=O) groups is 3. The minimum absolute atomic E-state index is 0.0552. The van der Waals surface area contributed by atoms with Gasteiger partial charge in [0.25, 0.3) is 5.91 Å². The monoisotopic (exact) mass is 555 g/mol. The molecular formula is C28H37N5O7. The number of benzene rings is 1. The van der Waals surface area contributed by atoms with Gasteiger partial charge in [-0.1, -0.05) is 0 Å². The van der Waals surface area contributed by atoms with E-state index in [-0.39, 0.29) is 29.7 Å². The molecule has 0 spiro atoms. The first-order valence-electron chi connectivity index (χ1n) is 13.4. The van der Waals surface area contributed by atoms with Gasteiger partial charge in [-0.05, 0) is 51.5 Å². The zero-order valence-corrected chi connectivity index (χ0v) is 23.4. The van der Waals surface area contributed by atoms with Crippen LogP contribution in [0.1, 0.15) is 17.5 Å². The average Bonchev–Trinajstić information content (AvgIpc) is 2.86. The van der Waals surface area contributed by atoms with Crippen LogP contribution in [0.3, 0.4) is 0 Å². The molecule has 3 aliphatic carbocycles. The lowest BCUT2D eigenvalue weighted by Crippen LogP contribution is -2.65. The Bertz CT molecular complexity index is 1380. The number of aromatic hydroxyl groups is 1. The van der Waals surface area contributed by atoms with Crippen molar-refractivity contribution in [2.24, 2.45) is 17.6 Å². The number of anilines is 2. The number of aliphatic hydroxyl groups is 3. The Labute approximate surface area is 232 Å². The molecule has 1 aromatic rings. The zero-order chi connectivity index (χ0) is 29.4. The van der Waals surface area contributed by atoms with Gasteiger partial charge in [-0.15, -0.1) is 0 Å². The van der Waals surface area contributed by atoms with E-state index in [4.69, 9.17) is 5.73 Å². The zero-order valence-electron chi connectivity index (χ0n) is 23.4. The SMILES string of the molecule is CN1CCN(c2cc(N(C)C)c3c(c2O)C(O)=C2C(=O)C4(O)C(O)=C(C(N)=O)C(=O)C(N(C)C)C4CC2C3)CC1. The molecule has 4 atom stereocenters. The summed E-state index contributed by atoms with van der Waals surface area (Å²) in [7, 11) is 8.89. The number of hydrogen-bond acceptors (Lipinski definition) is 11. The van der Waals surface area contributed by atoms with Crippen molar-refractivity contribution in [3.63, 3.8) is 0 Å². The molecule has 0 radical (unpaired) electrons. The van der Waals surface area contributed by atoms with Crippen LogP contribution in [0.2, 0.25) is 0 Å². The van der Waals surface area contributed by atoms with Crippen molar-refractivity contribution >= 4 is 34.6 Å². The van der Waals surface area contributed by atoms with Crippen molar-refractivity contribution in [3.8, 4) is 5.75 Å². The van der Waals surface area contributed by atoms with Crippen LogP contribution in [0.25, 0.3) is 5.76 Å². The van der Waals surface area contributed by atoms with Crippen LogP contribution < -0.4 is 15.5 Å². The van der Waals surface area contributed by atoms with Gasteiger partial charge in [0.2, 0.25) is 5.78 Å². The standard InChI is InChI=1S/C28H37N5O7/c1-30(2)16-12-17(33-8-6-32(5)7-9-33)22(34)19-14(16)10-13-11-15-21(31(3)4)24(36)20(27(29)39)26(38)28(15,40)25(37)18(13)23(19)35/h12-13,15,21,34-35,38,40H,6-11H2,1-5H3,(H2,29,39). The molecule has 1 heterocycles. The first kappa shape index (κ1) is 27.9. The van der Waals surface area contributed by atoms with E-state index in [0.717, 1.165) is 18.8 Å². The van der Waals surface area contributed by atoms with Gasteiger partial charge in [-0.25, -0.2) is 0 Å². The van der Waals surface area contributed by atoms with Gasteiger partial charge < -0.3 is 40.9 Å². The highest BCUT2D eigenvalue weighted by atomic mass is 16.3. The molecule has 1 saturated carbocycles. The smallest absolute Gasteiger partial charge is 0.255 e. The summed E-state index contributed by atoms with van der Waals surface area (Å²) in [5.74, 6) is -6.49. The maximum absolute atomic E-state index is 14.1. The van der Waals surface area contributed by atoms with Crippen LogP contribution in [0.5, 0.6) is 5.75 Å². The maximum Gasteiger partial charge on any atom is 0.255 e. The first-order chi connectivity index (χ1) is 18.7. The second kappa shape index (κ2) is 9.50. The summed E-state index contributed by atoms with van der Waals surface area (Å²) in [4.78, 5) is 47.1. The number of phenols is 1. The number of amides is 1. The fourth-order valence-electron chi connectivity index (χ4n) is 6.97. The Kier molecular flexibility index (Phi) is 6.63. The number of Topliss-reactive ketones (excluding diaryl/α,β-unsaturated/α-hetero) is 2. The van der Waals surface area contributed by atoms with Crippen LogP contribution in [0.15, 0.2) is 23.0 Å². The molecule has 1 aromatic carbocycles. The Morgan fingerprint density at radius 3 is 2.25 bits per heavy atom. The van der Waals surface area contributed by atoms with E-state index < -0.39 is 58.0 Å². The Balaban J connectivity index is 1.72. The van der Waals surface area contributed by atoms with E-state index in [2.05, 4.69) is 4.90 Å². The number of phenolic OH excluding ortho intramolecular Hbond substituents is 1. The summed E-state index contributed by atoms with van der Waals surface area (Å²) in [6.45, 7) is 2.89. The van der Waals surface area contributed by atoms with Gasteiger partial charge in [0.1, 0.15) is 22.8 Å². The molecule has 216 valence electrons. The summed E-state index contributed by atoms with van der Waals surface area (Å²) in [6, 6.07) is 0.776. The molecule has 0 aromatic heterocycles. The molecule has 6 N–H and O–H groups in total. The second-order valence-electron chi connectivity index (χ2n) is 11.8. The van der Waals surface area contributed by atoms with Gasteiger partial charge in [0.05, 0.1) is 17.3 Å². The van der Waals surface area contributed by atoms with Crippen LogP contribution in [0, 0.1) is 11.8 Å². The van der Waals surface area contributed by atoms with E-state index in [1.165, 1.54) is 4.90 Å². The van der Waals surface area contributed by atoms with E-state index in [1.54, 1.807) is 14.1 Å². The minimum atomic E-state index is -2.65. The third-order valence-corrected chi connectivity index (χ3v) is 9.00. The molecule has 1 aliphatic heterocycles. The van der Waals surface area contributed by atoms with Crippen molar-refractivity contribution in [1.82, 2.24) is 9.80 Å². The van der Waals surface area contributed by atoms with Crippen LogP contribution >= 0.6 is 0 Å². The van der Waals surface area contributed by atoms with E-state index in [9.17, 15) is 34.8 Å². The second-order valence-corrected chi connectivity index (χ2v) is 11.8. The normalized spacial score (nSPS) is 29.0. The van der Waals surface area contributed by atoms with E-state index in [1.807, 2.05) is 37.0 Å². The molecule has 5 rings (SSSR count). The van der Waals surface area contributed by atoms with Crippen molar-refractivity contribution in [1.29, 1.82) is 0 Å². The molecule has 1 amide bonds. The third-order valence-electron chi connectivity index (χ3n) is 9.00. The van der Waals surface area contributed by atoms with Gasteiger partial charge in [0, 0.05) is 57.5 Å². The highest BCUT2D eigenvalue weighted by Gasteiger charge is 2.64. The van der Waals surface area contributed by atoms with Crippen molar-refractivity contribution in [2.75, 3.05) is 71.2 Å². The predicted molar refractivity (Wildman–Crippen MR) is 148 cm³/mol. The van der Waals surface area contributed by atoms with E-state index >= 15 is 0 Å². The number of rotatable bonds is 4. The molecule has 12 nitrogen and oxygen atoms in total. The number of nitrogens with zero attached hydrogens (tertiary/aromatic N) is 4. The summed E-state index contributed by atoms with van der Waals surface area (Å²) in [5, 5.41) is 46.0. The van der Waals surface area contributed by atoms with Gasteiger partial charge in [0.15, 0.2) is 11.4 Å². The molecule has 4 unspecified atom stereocenters. The van der Waals surface area contributed by atoms with Crippen LogP contribution in [-0.4, -0.2) is 121 Å². The Hall–Kier alpha value is -3.61. The first-order valence-corrected chi connectivity index (χ1v) is 13.4. The van der Waals surface area contributed by atoms with Gasteiger partial charge in [-0.3, -0.25) is 19.3 Å². The summed E-state index contributed by atoms with van der Waals surface area (Å²) < 4.78 is 0. The quantitative estimate of drug-likeness (QED) is 0.311. The number of aliphatic hydroxyl groups excluding tert-OH is 2. The van der Waals surface area contributed by atoms with Crippen molar-refractivity contribution in [2.45, 2.75) is 24.5 Å². The molecule has 1 saturated heterocycles. The maximum atomic E-state index is 14.1. The molecule has 12 heteroatoms. The van der Waals surface area contributed by atoms with Gasteiger partial charge in [-0.2, -0.15) is 0 Å². The van der Waals surface area contributed by atoms with Crippen LogP contribution in [0.4, 0.5) is 11.4 Å². The summed E-state index contributed by atoms with van der Waals surface area (Å²) in [5.41, 5.74) is 3.81. The number of fused-ring (bicyclic) bond motifs is 3. The Morgan fingerprint density at radius 1 is 1.07 bits per heavy atom. The number of piperazine rings is 1. The molecule has 2 fully saturated rings. The number of primary amides is 1. The van der Waals surface area contributed by atoms with Crippen molar-refractivity contribution in [3.05, 3.63) is 34.1 Å². The highest BCUT2D eigenvalue weighted by molar-refractivity contribution is 6.24. The summed E-state index contributed by atoms with van der Waals surface area (Å²) in [6.07, 6.45) is 0.304. The number of carbonyl (C=O) groups excluding carboxylic acids is 3. The fraction of sp³-hybridized carbons (Fsp3) is 0.536. The number of hydrogen-bond donors (Lipinski definition) is 5. The molecule has 4 aliphatic rings. The predicted octanol–water partition coefficient (Wildman–Crippen LogP) is -0.218. The summed E-state index contributed by atoms with van der Waals surface area (Å²) >= 11 is 0. The highest BCUT2D eigenvalue weighted by Crippen LogP contribution is 2.55. The number of nitrogens with two attached hydrogens (primary N) is 1. The average molecular weight is 556 g/mol. The minimum Gasteiger partial charge on any atom is -0.508 e. The number of likely N-dealkylation sites (N-methyl/N-ethyl adjacent to an activating group) is 2. The number of ketones is 2. The fourth-order valence-corrected chi connectivity index (χ4v) is 6.97. The molecule has 40 heavy (non-hydrogen) atoms. The van der Waals surface area contributed by atoms with Crippen molar-refractivity contribution < 1.29 is 34.8 Å².